The molecule has 25 heavy (non-hydrogen) atoms. The molecule has 2 rings (SSSR count). The predicted octanol–water partition coefficient (Wildman–Crippen LogP) is 3.18. The standard InChI is InChI=1S/C17H24FN5S.HI/c1-12-9-20-16(24-12)11-22-17(19-2)21-10-15(23(3)4)13-6-5-7-14(18)8-13;/h5-9,15H,10-11H2,1-4H3,(H2,19,21,22);1H. The molecule has 0 saturated heterocycles. The largest absolute Gasteiger partial charge is 0.354 e. The molecule has 5 nitrogen and oxygen atoms in total. The van der Waals surface area contributed by atoms with Gasteiger partial charge in [0.05, 0.1) is 12.6 Å². The average Bonchev–Trinajstić information content (AvgIpc) is 2.96. The van der Waals surface area contributed by atoms with Gasteiger partial charge in [-0.1, -0.05) is 12.1 Å². The number of guanidine groups is 1. The van der Waals surface area contributed by atoms with Gasteiger partial charge in [0, 0.05) is 24.7 Å². The first-order valence-electron chi connectivity index (χ1n) is 7.77. The minimum atomic E-state index is -0.221. The van der Waals surface area contributed by atoms with Gasteiger partial charge in [-0.3, -0.25) is 4.99 Å². The van der Waals surface area contributed by atoms with Crippen LogP contribution in [0.15, 0.2) is 35.5 Å². The molecular formula is C17H25FIN5S. The fourth-order valence-electron chi connectivity index (χ4n) is 2.37. The number of aliphatic imine (C=N–C) groups is 1. The van der Waals surface area contributed by atoms with E-state index in [-0.39, 0.29) is 35.8 Å². The molecule has 1 heterocycles. The highest BCUT2D eigenvalue weighted by Crippen LogP contribution is 2.18. The van der Waals surface area contributed by atoms with Gasteiger partial charge in [0.15, 0.2) is 5.96 Å². The van der Waals surface area contributed by atoms with E-state index < -0.39 is 0 Å². The Balaban J connectivity index is 0.00000312. The van der Waals surface area contributed by atoms with Gasteiger partial charge in [-0.05, 0) is 38.7 Å². The molecule has 0 radical (unpaired) electrons. The van der Waals surface area contributed by atoms with E-state index in [0.717, 1.165) is 10.6 Å². The van der Waals surface area contributed by atoms with Crippen LogP contribution in [0, 0.1) is 12.7 Å². The molecule has 1 aromatic carbocycles. The Labute approximate surface area is 169 Å². The van der Waals surface area contributed by atoms with Gasteiger partial charge in [-0.2, -0.15) is 0 Å². The summed E-state index contributed by atoms with van der Waals surface area (Å²) < 4.78 is 13.5. The van der Waals surface area contributed by atoms with Crippen molar-refractivity contribution in [2.24, 2.45) is 4.99 Å². The molecule has 138 valence electrons. The van der Waals surface area contributed by atoms with Crippen molar-refractivity contribution in [3.63, 3.8) is 0 Å². The zero-order valence-corrected chi connectivity index (χ0v) is 18.1. The van der Waals surface area contributed by atoms with Crippen LogP contribution in [0.5, 0.6) is 0 Å². The molecule has 2 N–H and O–H groups in total. The molecule has 1 unspecified atom stereocenters. The second-order valence-corrected chi connectivity index (χ2v) is 7.03. The summed E-state index contributed by atoms with van der Waals surface area (Å²) in [5, 5.41) is 7.57. The third-order valence-electron chi connectivity index (χ3n) is 3.62. The number of aryl methyl sites for hydroxylation is 1. The maximum absolute atomic E-state index is 13.5. The number of hydrogen-bond acceptors (Lipinski definition) is 4. The van der Waals surface area contributed by atoms with Crippen LogP contribution in [-0.2, 0) is 6.54 Å². The van der Waals surface area contributed by atoms with Crippen LogP contribution in [0.1, 0.15) is 21.5 Å². The fourth-order valence-corrected chi connectivity index (χ4v) is 3.10. The third-order valence-corrected chi connectivity index (χ3v) is 4.53. The molecule has 1 aromatic heterocycles. The Morgan fingerprint density at radius 3 is 2.68 bits per heavy atom. The maximum Gasteiger partial charge on any atom is 0.191 e. The highest BCUT2D eigenvalue weighted by Gasteiger charge is 2.15. The van der Waals surface area contributed by atoms with E-state index in [1.807, 2.05) is 33.3 Å². The number of halogens is 2. The number of aromatic nitrogens is 1. The van der Waals surface area contributed by atoms with Crippen molar-refractivity contribution in [2.75, 3.05) is 27.7 Å². The highest BCUT2D eigenvalue weighted by atomic mass is 127. The van der Waals surface area contributed by atoms with Gasteiger partial charge in [0.2, 0.25) is 0 Å². The molecule has 8 heteroatoms. The summed E-state index contributed by atoms with van der Waals surface area (Å²) in [5.41, 5.74) is 0.929. The second kappa shape index (κ2) is 10.7. The lowest BCUT2D eigenvalue weighted by molar-refractivity contribution is 0.297. The highest BCUT2D eigenvalue weighted by molar-refractivity contribution is 14.0. The lowest BCUT2D eigenvalue weighted by atomic mass is 10.1. The van der Waals surface area contributed by atoms with Gasteiger partial charge >= 0.3 is 0 Å². The minimum absolute atomic E-state index is 0. The number of nitrogens with zero attached hydrogens (tertiary/aromatic N) is 3. The third kappa shape index (κ3) is 6.87. The van der Waals surface area contributed by atoms with Crippen molar-refractivity contribution >= 4 is 41.3 Å². The Kier molecular flexibility index (Phi) is 9.30. The molecule has 0 spiro atoms. The average molecular weight is 477 g/mol. The Morgan fingerprint density at radius 2 is 2.12 bits per heavy atom. The number of nitrogens with one attached hydrogen (secondary N) is 2. The van der Waals surface area contributed by atoms with E-state index in [1.54, 1.807) is 30.5 Å². The molecule has 0 fully saturated rings. The van der Waals surface area contributed by atoms with Crippen LogP contribution in [0.4, 0.5) is 4.39 Å². The zero-order valence-electron chi connectivity index (χ0n) is 14.9. The van der Waals surface area contributed by atoms with Crippen LogP contribution in [0.25, 0.3) is 0 Å². The summed E-state index contributed by atoms with van der Waals surface area (Å²) in [6, 6.07) is 6.74. The Bertz CT molecular complexity index is 689. The maximum atomic E-state index is 13.5. The van der Waals surface area contributed by atoms with Crippen molar-refractivity contribution in [3.8, 4) is 0 Å². The van der Waals surface area contributed by atoms with E-state index in [1.165, 1.54) is 10.9 Å². The van der Waals surface area contributed by atoms with Crippen LogP contribution < -0.4 is 10.6 Å². The number of hydrogen-bond donors (Lipinski definition) is 2. The molecule has 0 saturated carbocycles. The lowest BCUT2D eigenvalue weighted by Crippen LogP contribution is -2.41. The number of rotatable bonds is 6. The molecule has 1 atom stereocenters. The van der Waals surface area contributed by atoms with Gasteiger partial charge in [-0.25, -0.2) is 9.37 Å². The van der Waals surface area contributed by atoms with Gasteiger partial charge < -0.3 is 15.5 Å². The van der Waals surface area contributed by atoms with E-state index in [9.17, 15) is 4.39 Å². The topological polar surface area (TPSA) is 52.6 Å². The summed E-state index contributed by atoms with van der Waals surface area (Å²) in [5.74, 6) is 0.479. The first-order chi connectivity index (χ1) is 11.5. The molecule has 0 aliphatic heterocycles. The van der Waals surface area contributed by atoms with Gasteiger partial charge in [0.1, 0.15) is 10.8 Å². The van der Waals surface area contributed by atoms with Crippen LogP contribution in [-0.4, -0.2) is 43.5 Å². The normalized spacial score (nSPS) is 12.6. The van der Waals surface area contributed by atoms with E-state index in [2.05, 4.69) is 25.5 Å². The zero-order chi connectivity index (χ0) is 17.5. The number of likely N-dealkylation sites (N-methyl/N-ethyl adjacent to an activating group) is 1. The van der Waals surface area contributed by atoms with Crippen molar-refractivity contribution in [1.82, 2.24) is 20.5 Å². The van der Waals surface area contributed by atoms with E-state index >= 15 is 0 Å². The monoisotopic (exact) mass is 477 g/mol. The minimum Gasteiger partial charge on any atom is -0.354 e. The van der Waals surface area contributed by atoms with E-state index in [4.69, 9.17) is 0 Å². The lowest BCUT2D eigenvalue weighted by Gasteiger charge is -2.26. The summed E-state index contributed by atoms with van der Waals surface area (Å²) in [4.78, 5) is 11.8. The number of thiazole rings is 1. The van der Waals surface area contributed by atoms with Crippen molar-refractivity contribution < 1.29 is 4.39 Å². The van der Waals surface area contributed by atoms with Gasteiger partial charge in [-0.15, -0.1) is 35.3 Å². The van der Waals surface area contributed by atoms with Crippen molar-refractivity contribution in [3.05, 3.63) is 51.7 Å². The Hall–Kier alpha value is -1.26. The van der Waals surface area contributed by atoms with Crippen LogP contribution in [0.2, 0.25) is 0 Å². The summed E-state index contributed by atoms with van der Waals surface area (Å²) in [7, 11) is 5.69. The second-order valence-electron chi connectivity index (χ2n) is 5.71. The molecule has 0 aliphatic rings. The van der Waals surface area contributed by atoms with Crippen molar-refractivity contribution in [2.45, 2.75) is 19.5 Å². The smallest absolute Gasteiger partial charge is 0.191 e. The molecule has 0 aliphatic carbocycles. The predicted molar refractivity (Wildman–Crippen MR) is 113 cm³/mol. The van der Waals surface area contributed by atoms with E-state index in [0.29, 0.717) is 19.0 Å². The first-order valence-corrected chi connectivity index (χ1v) is 8.59. The van der Waals surface area contributed by atoms with Gasteiger partial charge in [0.25, 0.3) is 0 Å². The van der Waals surface area contributed by atoms with Crippen LogP contribution in [0.3, 0.4) is 0 Å². The van der Waals surface area contributed by atoms with Crippen molar-refractivity contribution in [1.29, 1.82) is 0 Å². The number of benzene rings is 1. The molecule has 0 amide bonds. The fraction of sp³-hybridized carbons (Fsp3) is 0.412. The summed E-state index contributed by atoms with van der Waals surface area (Å²) in [6.45, 7) is 3.28. The molecule has 0 bridgehead atoms. The van der Waals surface area contributed by atoms with Crippen LogP contribution >= 0.6 is 35.3 Å². The Morgan fingerprint density at radius 1 is 1.36 bits per heavy atom. The quantitative estimate of drug-likeness (QED) is 0.382. The summed E-state index contributed by atoms with van der Waals surface area (Å²) >= 11 is 1.66. The molecule has 2 aromatic rings. The SMILES string of the molecule is CN=C(NCc1ncc(C)s1)NCC(c1cccc(F)c1)N(C)C.I. The first kappa shape index (κ1) is 21.8. The summed E-state index contributed by atoms with van der Waals surface area (Å²) in [6.07, 6.45) is 1.86. The molecular weight excluding hydrogens is 452 g/mol.